The van der Waals surface area contributed by atoms with E-state index < -0.39 is 0 Å². The molecule has 0 radical (unpaired) electrons. The maximum atomic E-state index is 6.20. The Morgan fingerprint density at radius 3 is 2.75 bits per heavy atom. The van der Waals surface area contributed by atoms with Gasteiger partial charge in [-0.25, -0.2) is 9.67 Å². The van der Waals surface area contributed by atoms with Gasteiger partial charge >= 0.3 is 0 Å². The second-order valence-electron chi connectivity index (χ2n) is 4.71. The van der Waals surface area contributed by atoms with Gasteiger partial charge < -0.3 is 5.32 Å². The fourth-order valence-electron chi connectivity index (χ4n) is 1.97. The van der Waals surface area contributed by atoms with Crippen LogP contribution in [0.5, 0.6) is 0 Å². The summed E-state index contributed by atoms with van der Waals surface area (Å²) in [6.45, 7) is 7.82. The summed E-state index contributed by atoms with van der Waals surface area (Å²) in [4.78, 5) is 4.37. The van der Waals surface area contributed by atoms with Crippen molar-refractivity contribution < 1.29 is 0 Å². The topological polar surface area (TPSA) is 42.7 Å². The highest BCUT2D eigenvalue weighted by Gasteiger charge is 2.12. The van der Waals surface area contributed by atoms with Crippen molar-refractivity contribution in [1.82, 2.24) is 20.1 Å². The summed E-state index contributed by atoms with van der Waals surface area (Å²) in [6.07, 6.45) is 2.78. The van der Waals surface area contributed by atoms with Crippen molar-refractivity contribution in [3.8, 4) is 5.82 Å². The van der Waals surface area contributed by atoms with Crippen LogP contribution in [0.1, 0.15) is 30.3 Å². The number of nitrogens with one attached hydrogen (secondary N) is 1. The first-order valence-electron chi connectivity index (χ1n) is 6.61. The third-order valence-electron chi connectivity index (χ3n) is 3.08. The fraction of sp³-hybridized carbons (Fsp3) is 0.429. The minimum atomic E-state index is 0.679. The van der Waals surface area contributed by atoms with Gasteiger partial charge in [-0.2, -0.15) is 5.10 Å². The van der Waals surface area contributed by atoms with Crippen LogP contribution in [0.4, 0.5) is 0 Å². The monoisotopic (exact) mass is 356 g/mol. The summed E-state index contributed by atoms with van der Waals surface area (Å²) in [5.74, 6) is 0.786. The molecule has 4 nitrogen and oxygen atoms in total. The molecule has 2 aromatic heterocycles. The number of halogens is 2. The first kappa shape index (κ1) is 15.5. The average molecular weight is 358 g/mol. The maximum Gasteiger partial charge on any atom is 0.154 e. The fourth-order valence-corrected chi connectivity index (χ4v) is 2.38. The molecule has 0 atom stereocenters. The molecule has 0 aliphatic carbocycles. The van der Waals surface area contributed by atoms with Gasteiger partial charge in [-0.15, -0.1) is 0 Å². The molecule has 0 amide bonds. The van der Waals surface area contributed by atoms with Crippen LogP contribution in [0.15, 0.2) is 16.7 Å². The smallest absolute Gasteiger partial charge is 0.154 e. The second-order valence-corrected chi connectivity index (χ2v) is 5.91. The Hall–Kier alpha value is -0.910. The molecule has 2 aromatic rings. The normalized spacial score (nSPS) is 11.1. The summed E-state index contributed by atoms with van der Waals surface area (Å²) >= 11 is 9.73. The summed E-state index contributed by atoms with van der Waals surface area (Å²) in [6, 6.07) is 1.98. The molecule has 0 spiro atoms. The highest BCUT2D eigenvalue weighted by Crippen LogP contribution is 2.24. The lowest BCUT2D eigenvalue weighted by Gasteiger charge is -2.09. The number of aromatic nitrogens is 3. The van der Waals surface area contributed by atoms with Crippen LogP contribution >= 0.6 is 27.5 Å². The van der Waals surface area contributed by atoms with E-state index in [1.54, 1.807) is 6.20 Å². The zero-order chi connectivity index (χ0) is 14.7. The Morgan fingerprint density at radius 2 is 2.15 bits per heavy atom. The van der Waals surface area contributed by atoms with Gasteiger partial charge in [0.25, 0.3) is 0 Å². The Labute approximate surface area is 132 Å². The first-order chi connectivity index (χ1) is 9.54. The number of aryl methyl sites for hydroxylation is 1. The number of hydrogen-bond donors (Lipinski definition) is 1. The molecular formula is C14H18BrClN4. The first-order valence-corrected chi connectivity index (χ1v) is 7.79. The molecule has 0 fully saturated rings. The largest absolute Gasteiger partial charge is 0.313 e. The second kappa shape index (κ2) is 6.70. The van der Waals surface area contributed by atoms with E-state index in [2.05, 4.69) is 38.3 Å². The van der Waals surface area contributed by atoms with Crippen LogP contribution in [0.3, 0.4) is 0 Å². The van der Waals surface area contributed by atoms with Gasteiger partial charge in [0.1, 0.15) is 0 Å². The van der Waals surface area contributed by atoms with E-state index in [0.29, 0.717) is 5.02 Å². The van der Waals surface area contributed by atoms with Gasteiger partial charge in [-0.05, 0) is 54.4 Å². The average Bonchev–Trinajstić information content (AvgIpc) is 2.69. The van der Waals surface area contributed by atoms with Crippen molar-refractivity contribution in [2.75, 3.05) is 6.54 Å². The van der Waals surface area contributed by atoms with Crippen molar-refractivity contribution in [2.45, 2.75) is 33.7 Å². The van der Waals surface area contributed by atoms with Crippen LogP contribution in [0.25, 0.3) is 5.82 Å². The van der Waals surface area contributed by atoms with Gasteiger partial charge in [0.2, 0.25) is 0 Å². The van der Waals surface area contributed by atoms with E-state index in [-0.39, 0.29) is 0 Å². The van der Waals surface area contributed by atoms with Gasteiger partial charge in [-0.1, -0.05) is 18.5 Å². The van der Waals surface area contributed by atoms with Crippen molar-refractivity contribution in [3.63, 3.8) is 0 Å². The molecule has 6 heteroatoms. The third kappa shape index (κ3) is 3.22. The standard InChI is InChI=1S/C14H18BrClN4/c1-4-5-17-7-11-6-13(18-8-12(11)16)20-10(3)14(15)9(2)19-20/h6,8,17H,4-5,7H2,1-3H3. The SMILES string of the molecule is CCCNCc1cc(-n2nc(C)c(Br)c2C)ncc1Cl. The van der Waals surface area contributed by atoms with E-state index >= 15 is 0 Å². The predicted molar refractivity (Wildman–Crippen MR) is 85.5 cm³/mol. The summed E-state index contributed by atoms with van der Waals surface area (Å²) in [5.41, 5.74) is 3.02. The van der Waals surface area contributed by atoms with Crippen molar-refractivity contribution in [2.24, 2.45) is 0 Å². The van der Waals surface area contributed by atoms with Crippen LogP contribution in [0, 0.1) is 13.8 Å². The van der Waals surface area contributed by atoms with Crippen molar-refractivity contribution in [3.05, 3.63) is 38.7 Å². The Balaban J connectivity index is 2.33. The van der Waals surface area contributed by atoms with E-state index in [0.717, 1.165) is 46.8 Å². The maximum absolute atomic E-state index is 6.20. The molecule has 2 heterocycles. The van der Waals surface area contributed by atoms with E-state index in [1.165, 1.54) is 0 Å². The molecule has 1 N–H and O–H groups in total. The molecule has 0 bridgehead atoms. The summed E-state index contributed by atoms with van der Waals surface area (Å²) < 4.78 is 2.85. The predicted octanol–water partition coefficient (Wildman–Crippen LogP) is 3.80. The lowest BCUT2D eigenvalue weighted by Crippen LogP contribution is -2.15. The minimum Gasteiger partial charge on any atom is -0.313 e. The van der Waals surface area contributed by atoms with Gasteiger partial charge in [0, 0.05) is 12.7 Å². The quantitative estimate of drug-likeness (QED) is 0.828. The van der Waals surface area contributed by atoms with Gasteiger partial charge in [0.15, 0.2) is 5.82 Å². The van der Waals surface area contributed by atoms with Crippen LogP contribution < -0.4 is 5.32 Å². The Kier molecular flexibility index (Phi) is 5.18. The number of nitrogens with zero attached hydrogens (tertiary/aromatic N) is 3. The zero-order valence-electron chi connectivity index (χ0n) is 11.9. The molecule has 2 rings (SSSR count). The lowest BCUT2D eigenvalue weighted by atomic mass is 10.2. The van der Waals surface area contributed by atoms with Crippen molar-refractivity contribution >= 4 is 27.5 Å². The minimum absolute atomic E-state index is 0.679. The molecule has 0 aromatic carbocycles. The molecule has 0 aliphatic heterocycles. The third-order valence-corrected chi connectivity index (χ3v) is 4.57. The van der Waals surface area contributed by atoms with Gasteiger partial charge in [-0.3, -0.25) is 0 Å². The Morgan fingerprint density at radius 1 is 1.40 bits per heavy atom. The molecule has 20 heavy (non-hydrogen) atoms. The lowest BCUT2D eigenvalue weighted by molar-refractivity contribution is 0.673. The van der Waals surface area contributed by atoms with E-state index in [1.807, 2.05) is 24.6 Å². The molecule has 0 aliphatic rings. The molecule has 0 unspecified atom stereocenters. The van der Waals surface area contributed by atoms with Crippen molar-refractivity contribution in [1.29, 1.82) is 0 Å². The Bertz CT molecular complexity index is 609. The van der Waals surface area contributed by atoms with E-state index in [9.17, 15) is 0 Å². The molecule has 108 valence electrons. The summed E-state index contributed by atoms with van der Waals surface area (Å²) in [7, 11) is 0. The number of pyridine rings is 1. The van der Waals surface area contributed by atoms with Gasteiger partial charge in [0.05, 0.1) is 20.9 Å². The van der Waals surface area contributed by atoms with Crippen LogP contribution in [-0.4, -0.2) is 21.3 Å². The highest BCUT2D eigenvalue weighted by atomic mass is 79.9. The summed E-state index contributed by atoms with van der Waals surface area (Å²) in [5, 5.41) is 8.52. The van der Waals surface area contributed by atoms with Crippen LogP contribution in [-0.2, 0) is 6.54 Å². The zero-order valence-corrected chi connectivity index (χ0v) is 14.2. The highest BCUT2D eigenvalue weighted by molar-refractivity contribution is 9.10. The molecular weight excluding hydrogens is 340 g/mol. The van der Waals surface area contributed by atoms with E-state index in [4.69, 9.17) is 11.6 Å². The van der Waals surface area contributed by atoms with Crippen LogP contribution in [0.2, 0.25) is 5.02 Å². The number of rotatable bonds is 5. The molecule has 0 saturated carbocycles. The number of hydrogen-bond acceptors (Lipinski definition) is 3. The molecule has 0 saturated heterocycles.